The molecule has 0 fully saturated rings. The van der Waals surface area contributed by atoms with Gasteiger partial charge in [-0.3, -0.25) is 9.78 Å². The second kappa shape index (κ2) is 6.23. The zero-order valence-electron chi connectivity index (χ0n) is 9.73. The summed E-state index contributed by atoms with van der Waals surface area (Å²) in [6.45, 7) is 3.92. The molecule has 1 heterocycles. The van der Waals surface area contributed by atoms with Gasteiger partial charge in [0.25, 0.3) is 5.91 Å². The van der Waals surface area contributed by atoms with Gasteiger partial charge in [-0.2, -0.15) is 0 Å². The molecule has 0 radical (unpaired) electrons. The zero-order chi connectivity index (χ0) is 12.0. The highest BCUT2D eigenvalue weighted by Crippen LogP contribution is 2.05. The Labute approximate surface area is 95.7 Å². The lowest BCUT2D eigenvalue weighted by Gasteiger charge is -2.15. The monoisotopic (exact) mass is 222 g/mol. The Balaban J connectivity index is 2.68. The number of hydrogen-bond donors (Lipinski definition) is 2. The van der Waals surface area contributed by atoms with Gasteiger partial charge >= 0.3 is 0 Å². The van der Waals surface area contributed by atoms with E-state index in [9.17, 15) is 4.79 Å². The van der Waals surface area contributed by atoms with Gasteiger partial charge in [0.15, 0.2) is 0 Å². The molecule has 1 aromatic heterocycles. The molecule has 4 heteroatoms. The maximum absolute atomic E-state index is 11.9. The van der Waals surface area contributed by atoms with E-state index in [0.29, 0.717) is 12.1 Å². The van der Waals surface area contributed by atoms with E-state index >= 15 is 0 Å². The smallest absolute Gasteiger partial charge is 0.270 e. The first-order valence-electron chi connectivity index (χ1n) is 5.52. The number of nitrogens with zero attached hydrogens (tertiary/aromatic N) is 1. The summed E-state index contributed by atoms with van der Waals surface area (Å²) in [5, 5.41) is 11.7. The molecule has 1 unspecified atom stereocenters. The molecular weight excluding hydrogens is 204 g/mol. The number of carbonyl (C=O) groups is 1. The van der Waals surface area contributed by atoms with E-state index in [1.54, 1.807) is 12.3 Å². The van der Waals surface area contributed by atoms with Crippen molar-refractivity contribution in [3.8, 4) is 0 Å². The van der Waals surface area contributed by atoms with Crippen molar-refractivity contribution in [2.24, 2.45) is 0 Å². The molecule has 2 N–H and O–H groups in total. The first-order chi connectivity index (χ1) is 7.69. The molecule has 88 valence electrons. The van der Waals surface area contributed by atoms with Crippen molar-refractivity contribution in [3.63, 3.8) is 0 Å². The Morgan fingerprint density at radius 2 is 2.38 bits per heavy atom. The van der Waals surface area contributed by atoms with Crippen LogP contribution in [-0.2, 0) is 0 Å². The first-order valence-corrected chi connectivity index (χ1v) is 5.52. The summed E-state index contributed by atoms with van der Waals surface area (Å²) in [6.07, 6.45) is 2.99. The first kappa shape index (κ1) is 12.6. The van der Waals surface area contributed by atoms with E-state index in [2.05, 4.69) is 10.3 Å². The van der Waals surface area contributed by atoms with Crippen LogP contribution in [0.5, 0.6) is 0 Å². The van der Waals surface area contributed by atoms with Gasteiger partial charge in [-0.15, -0.1) is 0 Å². The molecule has 0 bridgehead atoms. The van der Waals surface area contributed by atoms with Crippen LogP contribution in [0.1, 0.15) is 35.8 Å². The minimum atomic E-state index is -0.168. The number of pyridine rings is 1. The van der Waals surface area contributed by atoms with Crippen molar-refractivity contribution in [3.05, 3.63) is 29.6 Å². The van der Waals surface area contributed by atoms with Crippen LogP contribution in [0.3, 0.4) is 0 Å². The van der Waals surface area contributed by atoms with Crippen LogP contribution in [0.25, 0.3) is 0 Å². The summed E-state index contributed by atoms with van der Waals surface area (Å²) >= 11 is 0. The van der Waals surface area contributed by atoms with Crippen molar-refractivity contribution < 1.29 is 9.90 Å². The number of aromatic nitrogens is 1. The maximum Gasteiger partial charge on any atom is 0.270 e. The predicted molar refractivity (Wildman–Crippen MR) is 62.2 cm³/mol. The fourth-order valence-corrected chi connectivity index (χ4v) is 1.51. The number of amides is 1. The van der Waals surface area contributed by atoms with Gasteiger partial charge < -0.3 is 10.4 Å². The molecule has 1 aromatic rings. The summed E-state index contributed by atoms with van der Waals surface area (Å²) in [6, 6.07) is 3.67. The Hall–Kier alpha value is -1.42. The van der Waals surface area contributed by atoms with E-state index in [4.69, 9.17) is 5.11 Å². The number of rotatable bonds is 5. The van der Waals surface area contributed by atoms with Crippen molar-refractivity contribution in [2.75, 3.05) is 6.61 Å². The molecule has 0 aliphatic carbocycles. The molecule has 16 heavy (non-hydrogen) atoms. The molecule has 0 saturated carbocycles. The van der Waals surface area contributed by atoms with Crippen LogP contribution >= 0.6 is 0 Å². The molecule has 0 aliphatic heterocycles. The second-order valence-electron chi connectivity index (χ2n) is 3.76. The summed E-state index contributed by atoms with van der Waals surface area (Å²) in [5.41, 5.74) is 1.32. The normalized spacial score (nSPS) is 12.2. The summed E-state index contributed by atoms with van der Waals surface area (Å²) in [4.78, 5) is 15.9. The van der Waals surface area contributed by atoms with E-state index in [1.807, 2.05) is 19.9 Å². The Morgan fingerprint density at radius 1 is 1.62 bits per heavy atom. The summed E-state index contributed by atoms with van der Waals surface area (Å²) in [7, 11) is 0. The lowest BCUT2D eigenvalue weighted by atomic mass is 10.1. The van der Waals surface area contributed by atoms with Crippen molar-refractivity contribution in [2.45, 2.75) is 32.7 Å². The lowest BCUT2D eigenvalue weighted by molar-refractivity contribution is 0.0923. The van der Waals surface area contributed by atoms with Gasteiger partial charge in [0.1, 0.15) is 5.69 Å². The largest absolute Gasteiger partial charge is 0.396 e. The van der Waals surface area contributed by atoms with Gasteiger partial charge in [0.2, 0.25) is 0 Å². The van der Waals surface area contributed by atoms with E-state index in [-0.39, 0.29) is 18.6 Å². The van der Waals surface area contributed by atoms with Gasteiger partial charge in [-0.05, 0) is 31.4 Å². The Kier molecular flexibility index (Phi) is 4.92. The topological polar surface area (TPSA) is 62.2 Å². The van der Waals surface area contributed by atoms with Crippen LogP contribution in [0, 0.1) is 6.92 Å². The van der Waals surface area contributed by atoms with Crippen LogP contribution in [0.15, 0.2) is 18.3 Å². The molecule has 0 saturated heterocycles. The van der Waals surface area contributed by atoms with E-state index in [1.165, 1.54) is 0 Å². The molecule has 4 nitrogen and oxygen atoms in total. The average Bonchev–Trinajstić information content (AvgIpc) is 2.28. The highest BCUT2D eigenvalue weighted by Gasteiger charge is 2.14. The van der Waals surface area contributed by atoms with Crippen molar-refractivity contribution >= 4 is 5.91 Å². The SMILES string of the molecule is CCC(CCO)NC(=O)c1ncccc1C. The molecule has 1 atom stereocenters. The highest BCUT2D eigenvalue weighted by atomic mass is 16.3. The van der Waals surface area contributed by atoms with Crippen LogP contribution in [0.2, 0.25) is 0 Å². The molecular formula is C12H18N2O2. The second-order valence-corrected chi connectivity index (χ2v) is 3.76. The number of nitrogens with one attached hydrogen (secondary N) is 1. The fraction of sp³-hybridized carbons (Fsp3) is 0.500. The van der Waals surface area contributed by atoms with Gasteiger partial charge in [0.05, 0.1) is 0 Å². The molecule has 1 amide bonds. The Bertz CT molecular complexity index is 353. The highest BCUT2D eigenvalue weighted by molar-refractivity contribution is 5.93. The number of aliphatic hydroxyl groups is 1. The van der Waals surface area contributed by atoms with Gasteiger partial charge in [-0.1, -0.05) is 13.0 Å². The number of carbonyl (C=O) groups excluding carboxylic acids is 1. The van der Waals surface area contributed by atoms with Crippen LogP contribution < -0.4 is 5.32 Å². The summed E-state index contributed by atoms with van der Waals surface area (Å²) in [5.74, 6) is -0.168. The van der Waals surface area contributed by atoms with Gasteiger partial charge in [-0.25, -0.2) is 0 Å². The zero-order valence-corrected chi connectivity index (χ0v) is 9.73. The summed E-state index contributed by atoms with van der Waals surface area (Å²) < 4.78 is 0. The van der Waals surface area contributed by atoms with Crippen LogP contribution in [0.4, 0.5) is 0 Å². The van der Waals surface area contributed by atoms with Crippen molar-refractivity contribution in [1.29, 1.82) is 0 Å². The predicted octanol–water partition coefficient (Wildman–Crippen LogP) is 1.28. The van der Waals surface area contributed by atoms with Crippen LogP contribution in [-0.4, -0.2) is 28.6 Å². The minimum Gasteiger partial charge on any atom is -0.396 e. The van der Waals surface area contributed by atoms with E-state index < -0.39 is 0 Å². The third-order valence-corrected chi connectivity index (χ3v) is 2.53. The van der Waals surface area contributed by atoms with Gasteiger partial charge in [0, 0.05) is 18.8 Å². The number of aryl methyl sites for hydroxylation is 1. The van der Waals surface area contributed by atoms with Crippen molar-refractivity contribution in [1.82, 2.24) is 10.3 Å². The number of hydrogen-bond acceptors (Lipinski definition) is 3. The molecule has 0 aromatic carbocycles. The average molecular weight is 222 g/mol. The third-order valence-electron chi connectivity index (χ3n) is 2.53. The van der Waals surface area contributed by atoms with E-state index in [0.717, 1.165) is 12.0 Å². The third kappa shape index (κ3) is 3.31. The fourth-order valence-electron chi connectivity index (χ4n) is 1.51. The quantitative estimate of drug-likeness (QED) is 0.789. The lowest BCUT2D eigenvalue weighted by Crippen LogP contribution is -2.35. The Morgan fingerprint density at radius 3 is 2.94 bits per heavy atom. The molecule has 0 aliphatic rings. The molecule has 1 rings (SSSR count). The standard InChI is InChI=1S/C12H18N2O2/c1-3-10(6-8-15)14-12(16)11-9(2)5-4-7-13-11/h4-5,7,10,15H,3,6,8H2,1-2H3,(H,14,16). The molecule has 0 spiro atoms. The number of aliphatic hydroxyl groups excluding tert-OH is 1. The minimum absolute atomic E-state index is 0.0129. The maximum atomic E-state index is 11.9.